The molecule has 0 radical (unpaired) electrons. The highest BCUT2D eigenvalue weighted by atomic mass is 32.1. The minimum atomic E-state index is 0.151. The lowest BCUT2D eigenvalue weighted by Gasteiger charge is -2.32. The maximum atomic E-state index is 12.6. The first-order valence-corrected chi connectivity index (χ1v) is 11.7. The number of rotatable bonds is 8. The van der Waals surface area contributed by atoms with Crippen molar-refractivity contribution in [1.29, 1.82) is 0 Å². The van der Waals surface area contributed by atoms with Crippen LogP contribution in [0, 0.1) is 5.92 Å². The highest BCUT2D eigenvalue weighted by Crippen LogP contribution is 2.22. The van der Waals surface area contributed by atoms with Crippen molar-refractivity contribution >= 4 is 17.2 Å². The molecule has 1 aliphatic rings. The van der Waals surface area contributed by atoms with E-state index in [1.807, 2.05) is 52.6 Å². The Hall–Kier alpha value is -2.64. The molecule has 1 aromatic carbocycles. The van der Waals surface area contributed by atoms with Crippen molar-refractivity contribution in [3.05, 3.63) is 70.2 Å². The van der Waals surface area contributed by atoms with E-state index in [-0.39, 0.29) is 5.91 Å². The summed E-state index contributed by atoms with van der Waals surface area (Å²) in [5.41, 5.74) is 2.43. The number of ether oxygens (including phenoxy) is 1. The molecule has 0 bridgehead atoms. The Kier molecular flexibility index (Phi) is 7.04. The van der Waals surface area contributed by atoms with Gasteiger partial charge in [-0.05, 0) is 49.0 Å². The lowest BCUT2D eigenvalue weighted by molar-refractivity contribution is 0.0638. The normalized spacial score (nSPS) is 16.6. The molecule has 0 saturated carbocycles. The zero-order chi connectivity index (χ0) is 21.6. The van der Waals surface area contributed by atoms with Gasteiger partial charge in [0.05, 0.1) is 17.7 Å². The molecule has 1 aliphatic heterocycles. The monoisotopic (exact) mass is 438 g/mol. The Morgan fingerprint density at radius 2 is 2.13 bits per heavy atom. The van der Waals surface area contributed by atoms with Gasteiger partial charge in [-0.1, -0.05) is 18.2 Å². The topological polar surface area (TPSA) is 50.6 Å². The summed E-state index contributed by atoms with van der Waals surface area (Å²) in [5, 5.41) is 6.19. The zero-order valence-corrected chi connectivity index (χ0v) is 19.1. The summed E-state index contributed by atoms with van der Waals surface area (Å²) in [6, 6.07) is 12.2. The van der Waals surface area contributed by atoms with E-state index in [1.165, 1.54) is 22.5 Å². The summed E-state index contributed by atoms with van der Waals surface area (Å²) in [7, 11) is 4.05. The Morgan fingerprint density at radius 1 is 1.26 bits per heavy atom. The third kappa shape index (κ3) is 5.95. The van der Waals surface area contributed by atoms with Gasteiger partial charge in [0.2, 0.25) is 0 Å². The number of aryl methyl sites for hydroxylation is 1. The van der Waals surface area contributed by atoms with Crippen LogP contribution < -0.4 is 4.74 Å². The lowest BCUT2D eigenvalue weighted by atomic mass is 9.99. The average Bonchev–Trinajstić information content (AvgIpc) is 3.44. The molecule has 0 N–H and O–H groups in total. The molecule has 6 nitrogen and oxygen atoms in total. The van der Waals surface area contributed by atoms with Crippen LogP contribution in [0.5, 0.6) is 5.75 Å². The highest BCUT2D eigenvalue weighted by Gasteiger charge is 2.25. The van der Waals surface area contributed by atoms with Crippen LogP contribution in [0.25, 0.3) is 0 Å². The molecule has 31 heavy (non-hydrogen) atoms. The van der Waals surface area contributed by atoms with Gasteiger partial charge in [-0.3, -0.25) is 14.4 Å². The Bertz CT molecular complexity index is 985. The van der Waals surface area contributed by atoms with Crippen molar-refractivity contribution in [2.24, 2.45) is 13.0 Å². The highest BCUT2D eigenvalue weighted by molar-refractivity contribution is 7.12. The molecule has 3 aromatic rings. The zero-order valence-electron chi connectivity index (χ0n) is 18.2. The van der Waals surface area contributed by atoms with Crippen LogP contribution in [0.4, 0.5) is 0 Å². The predicted molar refractivity (Wildman–Crippen MR) is 123 cm³/mol. The van der Waals surface area contributed by atoms with Gasteiger partial charge in [0.25, 0.3) is 5.91 Å². The first kappa shape index (κ1) is 21.6. The fourth-order valence-corrected chi connectivity index (χ4v) is 4.81. The number of amides is 1. The van der Waals surface area contributed by atoms with E-state index < -0.39 is 0 Å². The molecule has 1 fully saturated rings. The lowest BCUT2D eigenvalue weighted by Crippen LogP contribution is -2.41. The number of hydrogen-bond donors (Lipinski definition) is 0. The van der Waals surface area contributed by atoms with Gasteiger partial charge < -0.3 is 9.64 Å². The maximum absolute atomic E-state index is 12.6. The molecule has 3 heterocycles. The summed E-state index contributed by atoms with van der Waals surface area (Å²) in [4.78, 5) is 17.7. The number of aromatic nitrogens is 2. The van der Waals surface area contributed by atoms with E-state index in [0.717, 1.165) is 49.6 Å². The van der Waals surface area contributed by atoms with E-state index >= 15 is 0 Å². The molecular formula is C24H30N4O2S. The Morgan fingerprint density at radius 3 is 2.90 bits per heavy atom. The molecule has 1 atom stereocenters. The molecule has 2 aromatic heterocycles. The number of carbonyl (C=O) groups is 1. The number of benzene rings is 1. The summed E-state index contributed by atoms with van der Waals surface area (Å²) >= 11 is 1.51. The predicted octanol–water partition coefficient (Wildman–Crippen LogP) is 4.04. The van der Waals surface area contributed by atoms with Crippen molar-refractivity contribution in [2.75, 3.05) is 26.7 Å². The Labute approximate surface area is 188 Å². The molecule has 1 saturated heterocycles. The molecule has 0 spiro atoms. The van der Waals surface area contributed by atoms with Crippen molar-refractivity contribution in [2.45, 2.75) is 25.9 Å². The maximum Gasteiger partial charge on any atom is 0.263 e. The summed E-state index contributed by atoms with van der Waals surface area (Å²) < 4.78 is 7.97. The standard InChI is InChI=1S/C24H30N4O2S/c1-26(15-21-13-25-27(2)16-21)14-19-6-3-8-22(12-19)30-18-20-7-4-10-28(17-20)24(29)23-9-5-11-31-23/h3,5-6,8-9,11-13,16,20H,4,7,10,14-15,17-18H2,1-2H3/t20-/m0/s1. The van der Waals surface area contributed by atoms with Crippen LogP contribution >= 0.6 is 11.3 Å². The Balaban J connectivity index is 1.28. The minimum absolute atomic E-state index is 0.151. The van der Waals surface area contributed by atoms with Crippen LogP contribution in [0.15, 0.2) is 54.2 Å². The van der Waals surface area contributed by atoms with Gasteiger partial charge in [0.1, 0.15) is 5.75 Å². The van der Waals surface area contributed by atoms with E-state index in [0.29, 0.717) is 12.5 Å². The summed E-state index contributed by atoms with van der Waals surface area (Å²) in [5.74, 6) is 1.42. The average molecular weight is 439 g/mol. The van der Waals surface area contributed by atoms with Crippen LogP contribution in [0.2, 0.25) is 0 Å². The van der Waals surface area contributed by atoms with Crippen LogP contribution in [-0.2, 0) is 20.1 Å². The smallest absolute Gasteiger partial charge is 0.263 e. The first-order valence-electron chi connectivity index (χ1n) is 10.8. The van der Waals surface area contributed by atoms with Gasteiger partial charge >= 0.3 is 0 Å². The van der Waals surface area contributed by atoms with Gasteiger partial charge in [-0.2, -0.15) is 5.10 Å². The van der Waals surface area contributed by atoms with Gasteiger partial charge in [-0.15, -0.1) is 11.3 Å². The fraction of sp³-hybridized carbons (Fsp3) is 0.417. The van der Waals surface area contributed by atoms with E-state index in [9.17, 15) is 4.79 Å². The number of thiophene rings is 1. The van der Waals surface area contributed by atoms with Gasteiger partial charge in [0, 0.05) is 50.9 Å². The number of piperidine rings is 1. The number of carbonyl (C=O) groups excluding carboxylic acids is 1. The van der Waals surface area contributed by atoms with Crippen LogP contribution in [-0.4, -0.2) is 52.2 Å². The molecule has 0 aliphatic carbocycles. The number of hydrogen-bond acceptors (Lipinski definition) is 5. The van der Waals surface area contributed by atoms with Gasteiger partial charge in [0.15, 0.2) is 0 Å². The second kappa shape index (κ2) is 10.1. The molecule has 164 valence electrons. The van der Waals surface area contributed by atoms with Crippen LogP contribution in [0.1, 0.15) is 33.6 Å². The third-order valence-corrected chi connectivity index (χ3v) is 6.44. The summed E-state index contributed by atoms with van der Waals surface area (Å²) in [6.45, 7) is 3.95. The van der Waals surface area contributed by atoms with Gasteiger partial charge in [-0.25, -0.2) is 0 Å². The SMILES string of the molecule is CN(Cc1cccc(OC[C@H]2CCCN(C(=O)c3cccs3)C2)c1)Cc1cnn(C)c1. The first-order chi connectivity index (χ1) is 15.1. The van der Waals surface area contributed by atoms with E-state index in [1.54, 1.807) is 0 Å². The van der Waals surface area contributed by atoms with Crippen molar-refractivity contribution in [3.8, 4) is 5.75 Å². The quantitative estimate of drug-likeness (QED) is 0.533. The van der Waals surface area contributed by atoms with E-state index in [4.69, 9.17) is 4.74 Å². The molecule has 4 rings (SSSR count). The minimum Gasteiger partial charge on any atom is -0.493 e. The summed E-state index contributed by atoms with van der Waals surface area (Å²) in [6.07, 6.45) is 6.09. The van der Waals surface area contributed by atoms with Crippen LogP contribution in [0.3, 0.4) is 0 Å². The van der Waals surface area contributed by atoms with Crippen molar-refractivity contribution < 1.29 is 9.53 Å². The fourth-order valence-electron chi connectivity index (χ4n) is 4.12. The number of nitrogens with zero attached hydrogens (tertiary/aromatic N) is 4. The molecule has 1 amide bonds. The third-order valence-electron chi connectivity index (χ3n) is 5.59. The largest absolute Gasteiger partial charge is 0.493 e. The van der Waals surface area contributed by atoms with Crippen molar-refractivity contribution in [3.63, 3.8) is 0 Å². The van der Waals surface area contributed by atoms with E-state index in [2.05, 4.69) is 35.2 Å². The molecule has 0 unspecified atom stereocenters. The molecular weight excluding hydrogens is 408 g/mol. The molecule has 7 heteroatoms. The second-order valence-electron chi connectivity index (χ2n) is 8.39. The van der Waals surface area contributed by atoms with Crippen molar-refractivity contribution in [1.82, 2.24) is 19.6 Å². The second-order valence-corrected chi connectivity index (χ2v) is 9.34. The number of likely N-dealkylation sites (tertiary alicyclic amines) is 1.